The monoisotopic (exact) mass is 436 g/mol. The van der Waals surface area contributed by atoms with Crippen LogP contribution in [-0.2, 0) is 19.0 Å². The highest BCUT2D eigenvalue weighted by atomic mass is 28.3. The Balaban J connectivity index is 2.22. The highest BCUT2D eigenvalue weighted by Crippen LogP contribution is 2.41. The van der Waals surface area contributed by atoms with Crippen LogP contribution in [0.2, 0.25) is 19.6 Å². The molecule has 172 valence electrons. The summed E-state index contributed by atoms with van der Waals surface area (Å²) in [4.78, 5) is 12.5. The number of rotatable bonds is 8. The van der Waals surface area contributed by atoms with Crippen LogP contribution in [0.25, 0.3) is 0 Å². The van der Waals surface area contributed by atoms with Crippen molar-refractivity contribution in [2.24, 2.45) is 23.2 Å². The van der Waals surface area contributed by atoms with Crippen LogP contribution in [0.15, 0.2) is 23.4 Å². The maximum atomic E-state index is 12.5. The molecule has 0 saturated carbocycles. The molecule has 2 saturated heterocycles. The molecule has 30 heavy (non-hydrogen) atoms. The summed E-state index contributed by atoms with van der Waals surface area (Å²) in [5.74, 6) is 0.582. The molecule has 0 aromatic heterocycles. The number of carbonyl (C=O) groups is 1. The van der Waals surface area contributed by atoms with E-state index in [4.69, 9.17) is 14.2 Å². The molecule has 0 radical (unpaired) electrons. The molecule has 0 aliphatic carbocycles. The highest BCUT2D eigenvalue weighted by molar-refractivity contribution is 6.80. The second-order valence-corrected chi connectivity index (χ2v) is 16.3. The van der Waals surface area contributed by atoms with Gasteiger partial charge >= 0.3 is 5.97 Å². The van der Waals surface area contributed by atoms with Crippen molar-refractivity contribution in [2.75, 3.05) is 13.2 Å². The first-order valence-corrected chi connectivity index (χ1v) is 15.3. The van der Waals surface area contributed by atoms with Crippen molar-refractivity contribution >= 4 is 14.0 Å². The van der Waals surface area contributed by atoms with Crippen molar-refractivity contribution in [2.45, 2.75) is 92.3 Å². The van der Waals surface area contributed by atoms with Crippen molar-refractivity contribution in [1.82, 2.24) is 0 Å². The summed E-state index contributed by atoms with van der Waals surface area (Å²) in [6.45, 7) is 19.6. The van der Waals surface area contributed by atoms with E-state index in [0.29, 0.717) is 6.42 Å². The van der Waals surface area contributed by atoms with Crippen LogP contribution < -0.4 is 0 Å². The first-order chi connectivity index (χ1) is 13.9. The van der Waals surface area contributed by atoms with Crippen LogP contribution in [0.1, 0.15) is 60.3 Å². The maximum absolute atomic E-state index is 12.5. The third kappa shape index (κ3) is 7.97. The number of carbonyl (C=O) groups excluding carboxylic acids is 1. The molecule has 2 rings (SSSR count). The van der Waals surface area contributed by atoms with Crippen LogP contribution in [0.5, 0.6) is 0 Å². The number of esters is 1. The molecule has 5 heteroatoms. The Kier molecular flexibility index (Phi) is 8.96. The van der Waals surface area contributed by atoms with Gasteiger partial charge in [-0.1, -0.05) is 70.8 Å². The average Bonchev–Trinajstić information content (AvgIpc) is 2.61. The predicted octanol–water partition coefficient (Wildman–Crippen LogP) is 6.14. The summed E-state index contributed by atoms with van der Waals surface area (Å²) >= 11 is 0. The molecule has 0 amide bonds. The molecule has 2 fully saturated rings. The lowest BCUT2D eigenvalue weighted by Crippen LogP contribution is -2.45. The van der Waals surface area contributed by atoms with Gasteiger partial charge in [-0.05, 0) is 37.0 Å². The smallest absolute Gasteiger partial charge is 0.306 e. The quantitative estimate of drug-likeness (QED) is 0.260. The zero-order valence-corrected chi connectivity index (χ0v) is 21.5. The van der Waals surface area contributed by atoms with Gasteiger partial charge in [-0.15, -0.1) is 0 Å². The number of ether oxygens (including phenoxy) is 3. The van der Waals surface area contributed by atoms with E-state index in [0.717, 1.165) is 32.5 Å². The molecule has 0 N–H and O–H groups in total. The summed E-state index contributed by atoms with van der Waals surface area (Å²) < 4.78 is 17.6. The molecule has 2 aliphatic heterocycles. The first kappa shape index (κ1) is 25.3. The first-order valence-electron chi connectivity index (χ1n) is 11.7. The third-order valence-corrected chi connectivity index (χ3v) is 7.31. The van der Waals surface area contributed by atoms with Gasteiger partial charge in [0.25, 0.3) is 0 Å². The Labute approximate surface area is 185 Å². The Morgan fingerprint density at radius 2 is 1.83 bits per heavy atom. The Morgan fingerprint density at radius 3 is 2.40 bits per heavy atom. The van der Waals surface area contributed by atoms with E-state index in [1.165, 1.54) is 5.57 Å². The maximum Gasteiger partial charge on any atom is 0.306 e. The van der Waals surface area contributed by atoms with Crippen LogP contribution in [-0.4, -0.2) is 39.7 Å². The number of allylic oxidation sites excluding steroid dienone is 3. The fraction of sp³-hybridized carbons (Fsp3) is 0.800. The highest BCUT2D eigenvalue weighted by Gasteiger charge is 2.42. The summed E-state index contributed by atoms with van der Waals surface area (Å²) in [5.41, 5.74) is 3.77. The van der Waals surface area contributed by atoms with E-state index in [-0.39, 0.29) is 41.5 Å². The van der Waals surface area contributed by atoms with Crippen LogP contribution >= 0.6 is 0 Å². The Bertz CT molecular complexity index is 624. The van der Waals surface area contributed by atoms with Gasteiger partial charge in [0.15, 0.2) is 6.29 Å². The lowest BCUT2D eigenvalue weighted by molar-refractivity contribution is -0.203. The van der Waals surface area contributed by atoms with Crippen LogP contribution in [0.4, 0.5) is 0 Å². The second kappa shape index (κ2) is 10.6. The van der Waals surface area contributed by atoms with Gasteiger partial charge in [0.1, 0.15) is 6.10 Å². The van der Waals surface area contributed by atoms with Gasteiger partial charge < -0.3 is 14.2 Å². The van der Waals surface area contributed by atoms with E-state index in [2.05, 4.69) is 72.1 Å². The van der Waals surface area contributed by atoms with Crippen molar-refractivity contribution in [3.05, 3.63) is 23.4 Å². The van der Waals surface area contributed by atoms with Crippen molar-refractivity contribution in [1.29, 1.82) is 0 Å². The van der Waals surface area contributed by atoms with E-state index in [9.17, 15) is 4.79 Å². The zero-order chi connectivity index (χ0) is 22.5. The lowest BCUT2D eigenvalue weighted by Gasteiger charge is -2.42. The molecule has 0 spiro atoms. The fourth-order valence-electron chi connectivity index (χ4n) is 4.67. The topological polar surface area (TPSA) is 44.8 Å². The molecule has 3 atom stereocenters. The standard InChI is InChI=1S/C25H44O4Si/c1-18(2)24-21(16-23-27-12-10-13-28-23)20(15-22(26)29-24)19(3)17-25(4,5)11-9-14-30(6,7)8/h9,14,17-18,20-21,23-24H,10-13,15-16H2,1-8H3/b14-9-,19-17+/t20-,21-,24-/m1/s1. The fourth-order valence-corrected chi connectivity index (χ4v) is 5.49. The second-order valence-electron chi connectivity index (χ2n) is 11.3. The SMILES string of the molecule is C/C(=C\C(C)(C)C/C=C\[Si](C)(C)C)[C@H]1CC(=O)O[C@H](C(C)C)[C@@H]1CC1OCCCO1. The van der Waals surface area contributed by atoms with Gasteiger partial charge in [-0.3, -0.25) is 4.79 Å². The Hall–Kier alpha value is -0.913. The van der Waals surface area contributed by atoms with Gasteiger partial charge in [0.2, 0.25) is 0 Å². The molecule has 2 aliphatic rings. The molecule has 0 unspecified atom stereocenters. The molecule has 0 aromatic carbocycles. The number of hydrogen-bond acceptors (Lipinski definition) is 4. The molecular weight excluding hydrogens is 392 g/mol. The largest absolute Gasteiger partial charge is 0.462 e. The van der Waals surface area contributed by atoms with E-state index in [1.807, 2.05) is 0 Å². The third-order valence-electron chi connectivity index (χ3n) is 6.08. The zero-order valence-electron chi connectivity index (χ0n) is 20.5. The summed E-state index contributed by atoms with van der Waals surface area (Å²) in [7, 11) is -1.19. The Morgan fingerprint density at radius 1 is 1.20 bits per heavy atom. The average molecular weight is 437 g/mol. The predicted molar refractivity (Wildman–Crippen MR) is 126 cm³/mol. The van der Waals surface area contributed by atoms with E-state index < -0.39 is 8.07 Å². The van der Waals surface area contributed by atoms with Crippen LogP contribution in [0.3, 0.4) is 0 Å². The summed E-state index contributed by atoms with van der Waals surface area (Å²) in [6, 6.07) is 0. The van der Waals surface area contributed by atoms with Crippen LogP contribution in [0, 0.1) is 23.2 Å². The summed E-state index contributed by atoms with van der Waals surface area (Å²) in [6.07, 6.45) is 7.64. The number of cyclic esters (lactones) is 1. The van der Waals surface area contributed by atoms with Crippen molar-refractivity contribution < 1.29 is 19.0 Å². The van der Waals surface area contributed by atoms with E-state index >= 15 is 0 Å². The van der Waals surface area contributed by atoms with E-state index in [1.54, 1.807) is 0 Å². The van der Waals surface area contributed by atoms with Gasteiger partial charge in [-0.25, -0.2) is 0 Å². The van der Waals surface area contributed by atoms with Gasteiger partial charge in [0.05, 0.1) is 27.7 Å². The minimum atomic E-state index is -1.19. The minimum Gasteiger partial charge on any atom is -0.462 e. The van der Waals surface area contributed by atoms with Gasteiger partial charge in [0, 0.05) is 12.3 Å². The molecule has 0 aromatic rings. The molecule has 4 nitrogen and oxygen atoms in total. The van der Waals surface area contributed by atoms with Crippen molar-refractivity contribution in [3.8, 4) is 0 Å². The minimum absolute atomic E-state index is 0.0529. The summed E-state index contributed by atoms with van der Waals surface area (Å²) in [5, 5.41) is 0. The number of hydrogen-bond donors (Lipinski definition) is 0. The molecule has 0 bridgehead atoms. The lowest BCUT2D eigenvalue weighted by atomic mass is 9.72. The van der Waals surface area contributed by atoms with Gasteiger partial charge in [-0.2, -0.15) is 0 Å². The van der Waals surface area contributed by atoms with Crippen molar-refractivity contribution in [3.63, 3.8) is 0 Å². The molecular formula is C25H44O4Si. The normalized spacial score (nSPS) is 27.7. The molecule has 2 heterocycles.